The Bertz CT molecular complexity index is 351. The molecule has 0 saturated carbocycles. The van der Waals surface area contributed by atoms with E-state index in [1.807, 2.05) is 25.9 Å². The predicted octanol–water partition coefficient (Wildman–Crippen LogP) is -0.246. The van der Waals surface area contributed by atoms with E-state index in [4.69, 9.17) is 10.5 Å². The summed E-state index contributed by atoms with van der Waals surface area (Å²) in [7, 11) is 5.26. The molecule has 0 bridgehead atoms. The lowest BCUT2D eigenvalue weighted by molar-refractivity contribution is 0.0693. The quantitative estimate of drug-likeness (QED) is 0.727. The third-order valence-corrected chi connectivity index (χ3v) is 2.44. The van der Waals surface area contributed by atoms with E-state index in [1.54, 1.807) is 11.8 Å². The standard InChI is InChI=1S/C10H20N4O2/c1-7-9(11)10(14(3)12-7)13(2)5-8(15)6-16-4/h8,15H,5-6,11H2,1-4H3. The molecule has 92 valence electrons. The van der Waals surface area contributed by atoms with Gasteiger partial charge >= 0.3 is 0 Å². The van der Waals surface area contributed by atoms with Crippen LogP contribution in [0, 0.1) is 6.92 Å². The van der Waals surface area contributed by atoms with Crippen LogP contribution in [0.2, 0.25) is 0 Å². The van der Waals surface area contributed by atoms with E-state index in [2.05, 4.69) is 5.10 Å². The molecule has 0 aromatic carbocycles. The van der Waals surface area contributed by atoms with Crippen LogP contribution in [0.5, 0.6) is 0 Å². The minimum atomic E-state index is -0.537. The van der Waals surface area contributed by atoms with Crippen LogP contribution in [0.25, 0.3) is 0 Å². The summed E-state index contributed by atoms with van der Waals surface area (Å²) < 4.78 is 6.59. The van der Waals surface area contributed by atoms with E-state index in [-0.39, 0.29) is 0 Å². The molecule has 1 aromatic rings. The molecule has 6 nitrogen and oxygen atoms in total. The van der Waals surface area contributed by atoms with Crippen LogP contribution >= 0.6 is 0 Å². The maximum atomic E-state index is 9.63. The van der Waals surface area contributed by atoms with Crippen LogP contribution in [0.1, 0.15) is 5.69 Å². The van der Waals surface area contributed by atoms with Crippen LogP contribution in [-0.4, -0.2) is 48.3 Å². The van der Waals surface area contributed by atoms with Gasteiger partial charge in [0.15, 0.2) is 0 Å². The molecule has 1 unspecified atom stereocenters. The molecule has 1 aromatic heterocycles. The van der Waals surface area contributed by atoms with Crippen LogP contribution in [0.15, 0.2) is 0 Å². The minimum Gasteiger partial charge on any atom is -0.394 e. The topological polar surface area (TPSA) is 76.5 Å². The van der Waals surface area contributed by atoms with Gasteiger partial charge < -0.3 is 20.5 Å². The van der Waals surface area contributed by atoms with Gasteiger partial charge in [-0.1, -0.05) is 0 Å². The maximum absolute atomic E-state index is 9.63. The van der Waals surface area contributed by atoms with E-state index in [0.29, 0.717) is 18.8 Å². The zero-order valence-corrected chi connectivity index (χ0v) is 10.3. The Morgan fingerprint density at radius 1 is 1.62 bits per heavy atom. The second kappa shape index (κ2) is 5.18. The number of aliphatic hydroxyl groups is 1. The van der Waals surface area contributed by atoms with Crippen molar-refractivity contribution in [3.05, 3.63) is 5.69 Å². The molecule has 1 heterocycles. The molecule has 0 saturated heterocycles. The van der Waals surface area contributed by atoms with Crippen molar-refractivity contribution in [1.82, 2.24) is 9.78 Å². The maximum Gasteiger partial charge on any atom is 0.150 e. The average molecular weight is 228 g/mol. The molecule has 0 aliphatic heterocycles. The van der Waals surface area contributed by atoms with Crippen LogP contribution in [0.4, 0.5) is 11.5 Å². The predicted molar refractivity (Wildman–Crippen MR) is 63.5 cm³/mol. The largest absolute Gasteiger partial charge is 0.394 e. The number of nitrogens with zero attached hydrogens (tertiary/aromatic N) is 3. The van der Waals surface area contributed by atoms with E-state index in [1.165, 1.54) is 0 Å². The second-order valence-electron chi connectivity index (χ2n) is 3.94. The van der Waals surface area contributed by atoms with E-state index < -0.39 is 6.10 Å². The summed E-state index contributed by atoms with van der Waals surface area (Å²) in [4.78, 5) is 1.87. The number of ether oxygens (including phenoxy) is 1. The van der Waals surface area contributed by atoms with Gasteiger partial charge in [0.2, 0.25) is 0 Å². The Morgan fingerprint density at radius 2 is 2.25 bits per heavy atom. The number of methoxy groups -OCH3 is 1. The molecule has 3 N–H and O–H groups in total. The minimum absolute atomic E-state index is 0.307. The molecule has 16 heavy (non-hydrogen) atoms. The Morgan fingerprint density at radius 3 is 2.69 bits per heavy atom. The molecule has 0 aliphatic rings. The van der Waals surface area contributed by atoms with Gasteiger partial charge in [0.25, 0.3) is 0 Å². The zero-order valence-electron chi connectivity index (χ0n) is 10.3. The number of nitrogens with two attached hydrogens (primary N) is 1. The summed E-state index contributed by atoms with van der Waals surface area (Å²) in [5, 5.41) is 13.9. The first-order valence-corrected chi connectivity index (χ1v) is 5.14. The highest BCUT2D eigenvalue weighted by atomic mass is 16.5. The Kier molecular flexibility index (Phi) is 4.14. The van der Waals surface area contributed by atoms with Gasteiger partial charge in [-0.2, -0.15) is 5.10 Å². The zero-order chi connectivity index (χ0) is 12.3. The van der Waals surface area contributed by atoms with E-state index in [0.717, 1.165) is 11.5 Å². The SMILES string of the molecule is COCC(O)CN(C)c1c(N)c(C)nn1C. The molecule has 6 heteroatoms. The van der Waals surface area contributed by atoms with Gasteiger partial charge in [-0.05, 0) is 6.92 Å². The highest BCUT2D eigenvalue weighted by Crippen LogP contribution is 2.24. The fourth-order valence-electron chi connectivity index (χ4n) is 1.76. The second-order valence-corrected chi connectivity index (χ2v) is 3.94. The normalized spacial score (nSPS) is 12.8. The molecule has 0 amide bonds. The Hall–Kier alpha value is -1.27. The number of aromatic nitrogens is 2. The number of anilines is 2. The van der Waals surface area contributed by atoms with Crippen molar-refractivity contribution in [3.8, 4) is 0 Å². The number of hydrogen-bond donors (Lipinski definition) is 2. The molecule has 0 spiro atoms. The number of aliphatic hydroxyl groups excluding tert-OH is 1. The van der Waals surface area contributed by atoms with Gasteiger partial charge in [0.05, 0.1) is 24.1 Å². The third kappa shape index (κ3) is 2.65. The van der Waals surface area contributed by atoms with Gasteiger partial charge in [0.1, 0.15) is 5.82 Å². The van der Waals surface area contributed by atoms with Crippen LogP contribution < -0.4 is 10.6 Å². The first-order chi connectivity index (χ1) is 7.47. The summed E-state index contributed by atoms with van der Waals surface area (Å²) in [5.74, 6) is 0.813. The number of likely N-dealkylation sites (N-methyl/N-ethyl adjacent to an activating group) is 1. The summed E-state index contributed by atoms with van der Waals surface area (Å²) in [5.41, 5.74) is 7.36. The number of hydrogen-bond acceptors (Lipinski definition) is 5. The van der Waals surface area contributed by atoms with Gasteiger partial charge in [-0.3, -0.25) is 4.68 Å². The molecule has 0 radical (unpaired) electrons. The van der Waals surface area contributed by atoms with Gasteiger partial charge in [0, 0.05) is 27.7 Å². The molecule has 1 atom stereocenters. The van der Waals surface area contributed by atoms with Crippen LogP contribution in [-0.2, 0) is 11.8 Å². The monoisotopic (exact) mass is 228 g/mol. The number of aryl methyl sites for hydroxylation is 2. The lowest BCUT2D eigenvalue weighted by atomic mass is 10.3. The van der Waals surface area contributed by atoms with E-state index >= 15 is 0 Å². The van der Waals surface area contributed by atoms with Crippen LogP contribution in [0.3, 0.4) is 0 Å². The first kappa shape index (κ1) is 12.8. The third-order valence-electron chi connectivity index (χ3n) is 2.44. The molecule has 0 fully saturated rings. The smallest absolute Gasteiger partial charge is 0.150 e. The molecule has 0 aliphatic carbocycles. The lowest BCUT2D eigenvalue weighted by Gasteiger charge is -2.22. The number of nitrogen functional groups attached to an aromatic ring is 1. The van der Waals surface area contributed by atoms with Crippen molar-refractivity contribution in [2.24, 2.45) is 7.05 Å². The van der Waals surface area contributed by atoms with Crippen molar-refractivity contribution in [2.45, 2.75) is 13.0 Å². The summed E-state index contributed by atoms with van der Waals surface area (Å²) >= 11 is 0. The Labute approximate surface area is 95.6 Å². The average Bonchev–Trinajstić information content (AvgIpc) is 2.41. The highest BCUT2D eigenvalue weighted by molar-refractivity contribution is 5.65. The Balaban J connectivity index is 2.76. The van der Waals surface area contributed by atoms with Gasteiger partial charge in [-0.15, -0.1) is 0 Å². The van der Waals surface area contributed by atoms with E-state index in [9.17, 15) is 5.11 Å². The molecular formula is C10H20N4O2. The molecule has 1 rings (SSSR count). The number of rotatable bonds is 5. The molecular weight excluding hydrogens is 208 g/mol. The first-order valence-electron chi connectivity index (χ1n) is 5.14. The van der Waals surface area contributed by atoms with Crippen molar-refractivity contribution in [1.29, 1.82) is 0 Å². The van der Waals surface area contributed by atoms with Crippen molar-refractivity contribution in [3.63, 3.8) is 0 Å². The summed E-state index contributed by atoms with van der Waals surface area (Å²) in [6, 6.07) is 0. The summed E-state index contributed by atoms with van der Waals surface area (Å²) in [6.45, 7) is 2.62. The van der Waals surface area contributed by atoms with Gasteiger partial charge in [-0.25, -0.2) is 0 Å². The van der Waals surface area contributed by atoms with Crippen molar-refractivity contribution in [2.75, 3.05) is 37.9 Å². The fraction of sp³-hybridized carbons (Fsp3) is 0.700. The summed E-state index contributed by atoms with van der Waals surface area (Å²) in [6.07, 6.45) is -0.537. The fourth-order valence-corrected chi connectivity index (χ4v) is 1.76. The van der Waals surface area contributed by atoms with Crippen molar-refractivity contribution >= 4 is 11.5 Å². The highest BCUT2D eigenvalue weighted by Gasteiger charge is 2.16. The lowest BCUT2D eigenvalue weighted by Crippen LogP contribution is -2.33. The van der Waals surface area contributed by atoms with Crippen molar-refractivity contribution < 1.29 is 9.84 Å².